The summed E-state index contributed by atoms with van der Waals surface area (Å²) < 4.78 is 37.1. The summed E-state index contributed by atoms with van der Waals surface area (Å²) in [5, 5.41) is 41.8. The van der Waals surface area contributed by atoms with Crippen molar-refractivity contribution in [1.29, 1.82) is 0 Å². The van der Waals surface area contributed by atoms with E-state index < -0.39 is 70.1 Å². The molecule has 2 aliphatic heterocycles. The second kappa shape index (κ2) is 11.3. The molecule has 21 nitrogen and oxygen atoms in total. The maximum atomic E-state index is 12.9. The van der Waals surface area contributed by atoms with Crippen molar-refractivity contribution in [2.24, 2.45) is 0 Å². The third kappa shape index (κ3) is 5.05. The third-order valence-electron chi connectivity index (χ3n) is 6.81. The second-order valence-corrected chi connectivity index (χ2v) is 10.7. The van der Waals surface area contributed by atoms with E-state index in [4.69, 9.17) is 30.0 Å². The van der Waals surface area contributed by atoms with E-state index in [0.29, 0.717) is 0 Å². The van der Waals surface area contributed by atoms with Crippen molar-refractivity contribution in [3.8, 4) is 0 Å². The van der Waals surface area contributed by atoms with Crippen LogP contribution in [0.25, 0.3) is 22.3 Å². The molecule has 4 aromatic heterocycles. The average molecular weight is 613 g/mol. The molecule has 0 bridgehead atoms. The number of rotatable bonds is 8. The highest BCUT2D eigenvalue weighted by Gasteiger charge is 2.50. The first-order valence-electron chi connectivity index (χ1n) is 12.1. The van der Waals surface area contributed by atoms with Crippen LogP contribution in [0.1, 0.15) is 12.5 Å². The number of aromatic nitrogens is 8. The van der Waals surface area contributed by atoms with Gasteiger partial charge in [-0.3, -0.25) is 18.2 Å². The molecule has 0 saturated carbocycles. The van der Waals surface area contributed by atoms with Gasteiger partial charge in [0, 0.05) is 0 Å². The molecule has 2 aliphatic rings. The Bertz CT molecular complexity index is 1620. The van der Waals surface area contributed by atoms with Gasteiger partial charge in [-0.05, 0) is 0 Å². The molecule has 0 spiro atoms. The molecule has 22 heteroatoms. The summed E-state index contributed by atoms with van der Waals surface area (Å²) in [7, 11) is -4.96. The van der Waals surface area contributed by atoms with Gasteiger partial charge in [-0.1, -0.05) is 0 Å². The SMILES string of the molecule is N.Nc1ncnc2c1ncn2[C@@H]1O[C@H](COP(=O)(O)O[C@H]2[C@@H](O)[C@H](n3cnc4c(N)ncnc43)O[C@@H]2CO)[C@@H](O)[C@H]1O. The summed E-state index contributed by atoms with van der Waals surface area (Å²) in [5.74, 6) is 0.184. The predicted octanol–water partition coefficient (Wildman–Crippen LogP) is -2.64. The zero-order chi connectivity index (χ0) is 29.1. The molecule has 2 fully saturated rings. The molecule has 228 valence electrons. The van der Waals surface area contributed by atoms with Crippen LogP contribution in [0, 0.1) is 0 Å². The molecule has 9 atom stereocenters. The molecule has 4 aromatic rings. The fourth-order valence-corrected chi connectivity index (χ4v) is 5.75. The van der Waals surface area contributed by atoms with Gasteiger partial charge in [0.1, 0.15) is 60.3 Å². The lowest BCUT2D eigenvalue weighted by Crippen LogP contribution is -2.36. The number of hydrogen-bond donors (Lipinski definition) is 8. The molecule has 0 aliphatic carbocycles. The summed E-state index contributed by atoms with van der Waals surface area (Å²) >= 11 is 0. The van der Waals surface area contributed by atoms with Gasteiger partial charge in [0.05, 0.1) is 25.9 Å². The molecule has 12 N–H and O–H groups in total. The third-order valence-corrected chi connectivity index (χ3v) is 7.79. The van der Waals surface area contributed by atoms with Crippen LogP contribution in [0.2, 0.25) is 0 Å². The molecule has 6 rings (SSSR count). The normalized spacial score (nSPS) is 31.0. The first kappa shape index (κ1) is 30.0. The summed E-state index contributed by atoms with van der Waals surface area (Å²) in [4.78, 5) is 34.4. The largest absolute Gasteiger partial charge is 0.472 e. The van der Waals surface area contributed by atoms with Crippen LogP contribution >= 0.6 is 7.82 Å². The maximum absolute atomic E-state index is 12.9. The first-order chi connectivity index (χ1) is 19.6. The molecule has 42 heavy (non-hydrogen) atoms. The van der Waals surface area contributed by atoms with Gasteiger partial charge in [0.25, 0.3) is 0 Å². The highest BCUT2D eigenvalue weighted by atomic mass is 31.2. The van der Waals surface area contributed by atoms with E-state index >= 15 is 0 Å². The number of aliphatic hydroxyl groups excluding tert-OH is 4. The summed E-state index contributed by atoms with van der Waals surface area (Å²) in [6, 6.07) is 0. The van der Waals surface area contributed by atoms with E-state index in [0.717, 1.165) is 0 Å². The zero-order valence-electron chi connectivity index (χ0n) is 21.5. The van der Waals surface area contributed by atoms with Gasteiger partial charge in [0.2, 0.25) is 0 Å². The van der Waals surface area contributed by atoms with Crippen LogP contribution in [0.4, 0.5) is 11.6 Å². The van der Waals surface area contributed by atoms with Crippen molar-refractivity contribution in [3.63, 3.8) is 0 Å². The number of anilines is 2. The predicted molar refractivity (Wildman–Crippen MR) is 138 cm³/mol. The summed E-state index contributed by atoms with van der Waals surface area (Å²) in [6.45, 7) is -1.39. The Morgan fingerprint density at radius 1 is 0.833 bits per heavy atom. The molecule has 1 unspecified atom stereocenters. The van der Waals surface area contributed by atoms with E-state index in [1.165, 1.54) is 34.4 Å². The number of imidazole rings is 2. The number of phosphoric ester groups is 1. The van der Waals surface area contributed by atoms with Crippen LogP contribution in [0.3, 0.4) is 0 Å². The van der Waals surface area contributed by atoms with E-state index in [2.05, 4.69) is 29.9 Å². The van der Waals surface area contributed by atoms with Gasteiger partial charge < -0.3 is 52.4 Å². The van der Waals surface area contributed by atoms with E-state index in [9.17, 15) is 29.9 Å². The maximum Gasteiger partial charge on any atom is 0.472 e. The fraction of sp³-hybridized carbons (Fsp3) is 0.500. The minimum atomic E-state index is -4.96. The van der Waals surface area contributed by atoms with Crippen LogP contribution in [-0.4, -0.2) is 114 Å². The van der Waals surface area contributed by atoms with E-state index in [1.54, 1.807) is 0 Å². The monoisotopic (exact) mass is 613 g/mol. The number of ether oxygens (including phenoxy) is 2. The molecule has 0 amide bonds. The van der Waals surface area contributed by atoms with Crippen LogP contribution in [0.15, 0.2) is 25.3 Å². The lowest BCUT2D eigenvalue weighted by Gasteiger charge is -2.23. The number of nitrogen functional groups attached to an aromatic ring is 2. The topological polar surface area (TPSA) is 329 Å². The van der Waals surface area contributed by atoms with E-state index in [1.807, 2.05) is 0 Å². The van der Waals surface area contributed by atoms with Crippen molar-refractivity contribution in [2.45, 2.75) is 49.1 Å². The molecule has 0 aromatic carbocycles. The van der Waals surface area contributed by atoms with Crippen molar-refractivity contribution >= 4 is 41.8 Å². The van der Waals surface area contributed by atoms with Crippen molar-refractivity contribution in [2.75, 3.05) is 24.7 Å². The van der Waals surface area contributed by atoms with Gasteiger partial charge >= 0.3 is 7.82 Å². The van der Waals surface area contributed by atoms with Crippen LogP contribution in [0.5, 0.6) is 0 Å². The molecular formula is C20H28N11O10P. The van der Waals surface area contributed by atoms with Gasteiger partial charge in [-0.15, -0.1) is 0 Å². The Labute approximate surface area is 234 Å². The number of nitrogens with zero attached hydrogens (tertiary/aromatic N) is 8. The highest BCUT2D eigenvalue weighted by Crippen LogP contribution is 2.49. The first-order valence-corrected chi connectivity index (χ1v) is 13.6. The number of hydrogen-bond acceptors (Lipinski definition) is 18. The molecular weight excluding hydrogens is 585 g/mol. The molecule has 2 saturated heterocycles. The quantitative estimate of drug-likeness (QED) is 0.0941. The Kier molecular flexibility index (Phi) is 8.08. The Balaban J connectivity index is 0.00000353. The van der Waals surface area contributed by atoms with Crippen molar-refractivity contribution < 1.29 is 48.4 Å². The fourth-order valence-electron chi connectivity index (χ4n) is 4.79. The smallest absolute Gasteiger partial charge is 0.394 e. The average Bonchev–Trinajstić information content (AvgIpc) is 3.70. The van der Waals surface area contributed by atoms with Crippen LogP contribution < -0.4 is 17.6 Å². The molecule has 6 heterocycles. The lowest BCUT2D eigenvalue weighted by atomic mass is 10.1. The highest BCUT2D eigenvalue weighted by molar-refractivity contribution is 7.47. The Morgan fingerprint density at radius 3 is 1.90 bits per heavy atom. The van der Waals surface area contributed by atoms with Gasteiger partial charge in [-0.2, -0.15) is 0 Å². The Hall–Kier alpha value is -3.47. The van der Waals surface area contributed by atoms with Gasteiger partial charge in [0.15, 0.2) is 35.4 Å². The zero-order valence-corrected chi connectivity index (χ0v) is 22.4. The minimum absolute atomic E-state index is 0. The van der Waals surface area contributed by atoms with Gasteiger partial charge in [-0.25, -0.2) is 34.5 Å². The number of fused-ring (bicyclic) bond motifs is 2. The Morgan fingerprint density at radius 2 is 1.36 bits per heavy atom. The van der Waals surface area contributed by atoms with Crippen LogP contribution in [-0.2, 0) is 23.1 Å². The summed E-state index contributed by atoms with van der Waals surface area (Å²) in [6.07, 6.45) is -6.18. The summed E-state index contributed by atoms with van der Waals surface area (Å²) in [5.41, 5.74) is 12.5. The number of phosphoric acid groups is 1. The molecule has 0 radical (unpaired) electrons. The number of aliphatic hydroxyl groups is 4. The van der Waals surface area contributed by atoms with E-state index in [-0.39, 0.29) is 40.1 Å². The lowest BCUT2D eigenvalue weighted by molar-refractivity contribution is -0.0585. The second-order valence-electron chi connectivity index (χ2n) is 9.28. The standard InChI is InChI=1S/C20H25N10O10P.H3N/c21-15-9-17(25-3-23-15)29(5-27-9)19-12(33)11(32)8(39-19)2-37-41(35,36)40-14-7(1-31)38-20(13(14)34)30-6-28-10-16(22)24-4-26-18(10)30;/h3-8,11-14,19-20,31-34H,1-2H2,(H,35,36)(H2,21,23,25)(H2,22,24,26);1H3/t7-,8-,11-,12-,13-,14-,19-,20-;/m1./s1. The minimum Gasteiger partial charge on any atom is -0.394 e. The van der Waals surface area contributed by atoms with Crippen molar-refractivity contribution in [3.05, 3.63) is 25.3 Å². The number of nitrogens with two attached hydrogens (primary N) is 2. The van der Waals surface area contributed by atoms with Crippen molar-refractivity contribution in [1.82, 2.24) is 45.2 Å².